The lowest BCUT2D eigenvalue weighted by Gasteiger charge is -2.12. The number of hydrogen-bond acceptors (Lipinski definition) is 6. The summed E-state index contributed by atoms with van der Waals surface area (Å²) in [5.74, 6) is 0.753. The first-order chi connectivity index (χ1) is 13.5. The summed E-state index contributed by atoms with van der Waals surface area (Å²) < 4.78 is 18.7. The molecule has 0 bridgehead atoms. The number of carbonyl (C=O) groups is 1. The van der Waals surface area contributed by atoms with Crippen molar-refractivity contribution < 1.29 is 19.0 Å². The van der Waals surface area contributed by atoms with Crippen molar-refractivity contribution in [2.45, 2.75) is 32.0 Å². The average molecular weight is 388 g/mol. The molecule has 8 heteroatoms. The molecule has 0 unspecified atom stereocenters. The fraction of sp³-hybridized carbons (Fsp3) is 0.450. The molecule has 0 radical (unpaired) electrons. The first-order valence-corrected chi connectivity index (χ1v) is 9.37. The molecule has 1 aromatic heterocycles. The number of anilines is 1. The van der Waals surface area contributed by atoms with Crippen molar-refractivity contribution in [2.24, 2.45) is 5.92 Å². The Balaban J connectivity index is 1.47. The predicted molar refractivity (Wildman–Crippen MR) is 102 cm³/mol. The highest BCUT2D eigenvalue weighted by atomic mass is 19.1. The van der Waals surface area contributed by atoms with Crippen LogP contribution in [-0.4, -0.2) is 52.9 Å². The number of carbonyl (C=O) groups excluding carboxylic acids is 1. The van der Waals surface area contributed by atoms with Crippen molar-refractivity contribution in [3.63, 3.8) is 0 Å². The minimum absolute atomic E-state index is 0.0854. The summed E-state index contributed by atoms with van der Waals surface area (Å²) in [7, 11) is 0. The first-order valence-electron chi connectivity index (χ1n) is 9.37. The third-order valence-electron chi connectivity index (χ3n) is 4.51. The zero-order chi connectivity index (χ0) is 19.9. The molecule has 1 aromatic carbocycles. The Morgan fingerprint density at radius 3 is 2.89 bits per heavy atom. The quantitative estimate of drug-likeness (QED) is 0.635. The van der Waals surface area contributed by atoms with Gasteiger partial charge in [-0.15, -0.1) is 0 Å². The molecule has 3 rings (SSSR count). The van der Waals surface area contributed by atoms with Gasteiger partial charge in [0.15, 0.2) is 0 Å². The third kappa shape index (κ3) is 5.97. The summed E-state index contributed by atoms with van der Waals surface area (Å²) in [6, 6.07) is 8.04. The van der Waals surface area contributed by atoms with Crippen molar-refractivity contribution >= 4 is 11.7 Å². The number of rotatable bonds is 8. The molecule has 7 nitrogen and oxygen atoms in total. The van der Waals surface area contributed by atoms with E-state index < -0.39 is 6.10 Å². The number of amides is 1. The van der Waals surface area contributed by atoms with Crippen LogP contribution < -0.4 is 10.6 Å². The van der Waals surface area contributed by atoms with E-state index in [0.717, 1.165) is 5.56 Å². The monoisotopic (exact) mass is 388 g/mol. The molecule has 0 saturated carbocycles. The summed E-state index contributed by atoms with van der Waals surface area (Å²) in [6.07, 6.45) is 2.16. The van der Waals surface area contributed by atoms with Gasteiger partial charge in [0, 0.05) is 25.7 Å². The van der Waals surface area contributed by atoms with Gasteiger partial charge in [0.1, 0.15) is 17.5 Å². The lowest BCUT2D eigenvalue weighted by molar-refractivity contribution is -0.125. The minimum Gasteiger partial charge on any atom is -0.392 e. The standard InChI is InChI=1S/C20H25FN4O3/c1-13(26)10-24-20(27)15-9-17(28-12-15)11-23-18-6-7-22-19(25-18)8-14-2-4-16(21)5-3-14/h2-7,13,15,17,26H,8-12H2,1H3,(H,24,27)(H,22,23,25)/t13-,15-,17-/m0/s1. The van der Waals surface area contributed by atoms with E-state index in [1.54, 1.807) is 31.3 Å². The largest absolute Gasteiger partial charge is 0.392 e. The van der Waals surface area contributed by atoms with Crippen LogP contribution in [0, 0.1) is 11.7 Å². The number of aliphatic hydroxyl groups excluding tert-OH is 1. The van der Waals surface area contributed by atoms with Gasteiger partial charge >= 0.3 is 0 Å². The van der Waals surface area contributed by atoms with Gasteiger partial charge in [-0.2, -0.15) is 0 Å². The van der Waals surface area contributed by atoms with E-state index in [1.165, 1.54) is 12.1 Å². The van der Waals surface area contributed by atoms with E-state index in [1.807, 2.05) is 0 Å². The van der Waals surface area contributed by atoms with Crippen LogP contribution in [0.1, 0.15) is 24.7 Å². The van der Waals surface area contributed by atoms with Gasteiger partial charge in [0.2, 0.25) is 5.91 Å². The number of nitrogens with one attached hydrogen (secondary N) is 2. The topological polar surface area (TPSA) is 96.4 Å². The molecule has 1 aliphatic heterocycles. The van der Waals surface area contributed by atoms with Gasteiger partial charge in [0.25, 0.3) is 0 Å². The normalized spacial score (nSPS) is 20.0. The maximum atomic E-state index is 13.0. The van der Waals surface area contributed by atoms with Crippen molar-refractivity contribution in [1.29, 1.82) is 0 Å². The van der Waals surface area contributed by atoms with Crippen LogP contribution in [0.15, 0.2) is 36.5 Å². The number of ether oxygens (including phenoxy) is 1. The number of benzene rings is 1. The molecular formula is C20H25FN4O3. The van der Waals surface area contributed by atoms with E-state index in [0.29, 0.717) is 37.6 Å². The van der Waals surface area contributed by atoms with E-state index in [4.69, 9.17) is 4.74 Å². The molecule has 3 atom stereocenters. The van der Waals surface area contributed by atoms with Crippen LogP contribution >= 0.6 is 0 Å². The van der Waals surface area contributed by atoms with Crippen LogP contribution in [0.25, 0.3) is 0 Å². The Labute approximate surface area is 163 Å². The van der Waals surface area contributed by atoms with Crippen molar-refractivity contribution in [3.05, 3.63) is 53.7 Å². The maximum Gasteiger partial charge on any atom is 0.225 e. The second kappa shape index (κ2) is 9.57. The fourth-order valence-corrected chi connectivity index (χ4v) is 3.01. The summed E-state index contributed by atoms with van der Waals surface area (Å²) >= 11 is 0. The smallest absolute Gasteiger partial charge is 0.225 e. The Hall–Kier alpha value is -2.58. The van der Waals surface area contributed by atoms with E-state index in [2.05, 4.69) is 20.6 Å². The lowest BCUT2D eigenvalue weighted by atomic mass is 10.0. The van der Waals surface area contributed by atoms with E-state index in [9.17, 15) is 14.3 Å². The lowest BCUT2D eigenvalue weighted by Crippen LogP contribution is -2.35. The zero-order valence-electron chi connectivity index (χ0n) is 15.8. The number of hydrogen-bond donors (Lipinski definition) is 3. The molecule has 1 fully saturated rings. The van der Waals surface area contributed by atoms with Crippen LogP contribution in [-0.2, 0) is 16.0 Å². The molecule has 28 heavy (non-hydrogen) atoms. The zero-order valence-corrected chi connectivity index (χ0v) is 15.8. The first kappa shape index (κ1) is 20.2. The molecular weight excluding hydrogens is 363 g/mol. The molecule has 1 aliphatic rings. The van der Waals surface area contributed by atoms with Crippen LogP contribution in [0.4, 0.5) is 10.2 Å². The Kier molecular flexibility index (Phi) is 6.89. The fourth-order valence-electron chi connectivity index (χ4n) is 3.01. The van der Waals surface area contributed by atoms with Crippen LogP contribution in [0.5, 0.6) is 0 Å². The van der Waals surface area contributed by atoms with E-state index >= 15 is 0 Å². The second-order valence-electron chi connectivity index (χ2n) is 7.02. The Morgan fingerprint density at radius 2 is 2.14 bits per heavy atom. The van der Waals surface area contributed by atoms with Gasteiger partial charge in [-0.25, -0.2) is 14.4 Å². The van der Waals surface area contributed by atoms with Crippen molar-refractivity contribution in [2.75, 3.05) is 25.0 Å². The molecule has 1 amide bonds. The van der Waals surface area contributed by atoms with Gasteiger partial charge in [-0.1, -0.05) is 12.1 Å². The third-order valence-corrected chi connectivity index (χ3v) is 4.51. The molecule has 2 aromatic rings. The molecule has 2 heterocycles. The molecule has 0 spiro atoms. The van der Waals surface area contributed by atoms with Crippen molar-refractivity contribution in [1.82, 2.24) is 15.3 Å². The van der Waals surface area contributed by atoms with Crippen LogP contribution in [0.3, 0.4) is 0 Å². The SMILES string of the molecule is C[C@H](O)CNC(=O)[C@@H]1CO[C@H](CNc2ccnc(Cc3ccc(F)cc3)n2)C1. The summed E-state index contributed by atoms with van der Waals surface area (Å²) in [5, 5.41) is 15.2. The summed E-state index contributed by atoms with van der Waals surface area (Å²) in [4.78, 5) is 20.8. The average Bonchev–Trinajstić information content (AvgIpc) is 3.16. The molecule has 150 valence electrons. The highest BCUT2D eigenvalue weighted by Gasteiger charge is 2.30. The maximum absolute atomic E-state index is 13.0. The van der Waals surface area contributed by atoms with Gasteiger partial charge < -0.3 is 20.5 Å². The Morgan fingerprint density at radius 1 is 1.36 bits per heavy atom. The molecule has 1 saturated heterocycles. The highest BCUT2D eigenvalue weighted by Crippen LogP contribution is 2.20. The Bertz CT molecular complexity index is 785. The number of aromatic nitrogens is 2. The number of nitrogens with zero attached hydrogens (tertiary/aromatic N) is 2. The number of aliphatic hydroxyl groups is 1. The molecule has 3 N–H and O–H groups in total. The number of halogens is 1. The predicted octanol–water partition coefficient (Wildman–Crippen LogP) is 1.52. The van der Waals surface area contributed by atoms with Gasteiger partial charge in [-0.3, -0.25) is 4.79 Å². The van der Waals surface area contributed by atoms with Gasteiger partial charge in [0.05, 0.1) is 24.7 Å². The van der Waals surface area contributed by atoms with Crippen LogP contribution in [0.2, 0.25) is 0 Å². The van der Waals surface area contributed by atoms with Gasteiger partial charge in [-0.05, 0) is 37.1 Å². The van der Waals surface area contributed by atoms with E-state index in [-0.39, 0.29) is 30.3 Å². The highest BCUT2D eigenvalue weighted by molar-refractivity contribution is 5.79. The second-order valence-corrected chi connectivity index (χ2v) is 7.02. The van der Waals surface area contributed by atoms with Crippen molar-refractivity contribution in [3.8, 4) is 0 Å². The summed E-state index contributed by atoms with van der Waals surface area (Å²) in [5.41, 5.74) is 0.934. The molecule has 0 aliphatic carbocycles. The summed E-state index contributed by atoms with van der Waals surface area (Å²) in [6.45, 7) is 2.78. The minimum atomic E-state index is -0.564.